The van der Waals surface area contributed by atoms with Crippen molar-refractivity contribution in [3.63, 3.8) is 0 Å². The number of hydrogen-bond donors (Lipinski definition) is 3. The summed E-state index contributed by atoms with van der Waals surface area (Å²) in [6.07, 6.45) is 1.52. The normalized spacial score (nSPS) is 13.8. The Morgan fingerprint density at radius 2 is 2.00 bits per heavy atom. The van der Waals surface area contributed by atoms with Crippen molar-refractivity contribution in [1.29, 1.82) is 0 Å². The Morgan fingerprint density at radius 3 is 2.60 bits per heavy atom. The van der Waals surface area contributed by atoms with E-state index in [0.29, 0.717) is 6.42 Å². The molecule has 0 bridgehead atoms. The van der Waals surface area contributed by atoms with E-state index in [4.69, 9.17) is 9.84 Å². The number of aryl methyl sites for hydroxylation is 2. The number of aliphatic carboxylic acids is 1. The minimum absolute atomic E-state index is 0.216. The number of nitrogens with one attached hydrogen (secondary N) is 1. The molecule has 5 nitrogen and oxygen atoms in total. The Labute approximate surface area is 119 Å². The summed E-state index contributed by atoms with van der Waals surface area (Å²) in [7, 11) is 0. The molecule has 3 N–H and O–H groups in total. The lowest BCUT2D eigenvalue weighted by Crippen LogP contribution is -2.38. The quantitative estimate of drug-likeness (QED) is 0.503. The van der Waals surface area contributed by atoms with E-state index in [-0.39, 0.29) is 6.61 Å². The van der Waals surface area contributed by atoms with Gasteiger partial charge in [-0.05, 0) is 49.9 Å². The first kappa shape index (κ1) is 16.5. The second kappa shape index (κ2) is 7.26. The van der Waals surface area contributed by atoms with Crippen LogP contribution in [0.2, 0.25) is 0 Å². The molecule has 0 aliphatic rings. The molecule has 1 rings (SSSR count). The van der Waals surface area contributed by atoms with Gasteiger partial charge in [0.25, 0.3) is 5.79 Å². The Morgan fingerprint density at radius 1 is 1.30 bits per heavy atom. The molecule has 1 unspecified atom stereocenters. The summed E-state index contributed by atoms with van der Waals surface area (Å²) in [5.74, 6) is -3.47. The maximum Gasteiger partial charge on any atom is 0.363 e. The highest BCUT2D eigenvalue weighted by Gasteiger charge is 2.30. The van der Waals surface area contributed by atoms with E-state index in [9.17, 15) is 9.90 Å². The predicted octanol–water partition coefficient (Wildman–Crippen LogP) is 2.31. The molecule has 0 fully saturated rings. The first-order valence-corrected chi connectivity index (χ1v) is 6.74. The number of hydrogen-bond acceptors (Lipinski definition) is 4. The molecule has 0 aliphatic carbocycles. The number of anilines is 1. The summed E-state index contributed by atoms with van der Waals surface area (Å²) in [6.45, 7) is 6.27. The van der Waals surface area contributed by atoms with Crippen LogP contribution < -0.4 is 5.32 Å². The van der Waals surface area contributed by atoms with E-state index in [1.54, 1.807) is 0 Å². The Bertz CT molecular complexity index is 457. The van der Waals surface area contributed by atoms with Gasteiger partial charge in [-0.25, -0.2) is 4.79 Å². The summed E-state index contributed by atoms with van der Waals surface area (Å²) < 4.78 is 4.91. The van der Waals surface area contributed by atoms with Gasteiger partial charge in [0.05, 0.1) is 6.61 Å². The zero-order chi connectivity index (χ0) is 15.2. The monoisotopic (exact) mass is 281 g/mol. The second-order valence-corrected chi connectivity index (χ2v) is 5.07. The molecule has 0 saturated heterocycles. The molecule has 1 atom stereocenters. The predicted molar refractivity (Wildman–Crippen MR) is 77.9 cm³/mol. The van der Waals surface area contributed by atoms with Crippen molar-refractivity contribution in [2.45, 2.75) is 39.4 Å². The number of rotatable bonds is 8. The lowest BCUT2D eigenvalue weighted by atomic mass is 10.1. The molecule has 1 aromatic rings. The minimum Gasteiger partial charge on any atom is -0.477 e. The van der Waals surface area contributed by atoms with Gasteiger partial charge in [0.2, 0.25) is 0 Å². The van der Waals surface area contributed by atoms with E-state index in [0.717, 1.165) is 25.6 Å². The van der Waals surface area contributed by atoms with Crippen molar-refractivity contribution in [1.82, 2.24) is 0 Å². The van der Waals surface area contributed by atoms with Crippen LogP contribution in [-0.2, 0) is 9.53 Å². The third kappa shape index (κ3) is 5.19. The van der Waals surface area contributed by atoms with Crippen LogP contribution in [0.3, 0.4) is 0 Å². The molecule has 0 saturated carbocycles. The van der Waals surface area contributed by atoms with E-state index in [1.807, 2.05) is 6.07 Å². The Hall–Kier alpha value is -1.59. The van der Waals surface area contributed by atoms with Gasteiger partial charge in [0.1, 0.15) is 0 Å². The number of unbranched alkanes of at least 4 members (excludes halogenated alkanes) is 1. The SMILES string of the molecule is Cc1ccc(NCCCCOC(C)(O)C(=O)O)cc1C. The number of carboxylic acid groups (broad SMARTS) is 1. The van der Waals surface area contributed by atoms with Crippen LogP contribution in [-0.4, -0.2) is 35.1 Å². The highest BCUT2D eigenvalue weighted by atomic mass is 16.6. The fourth-order valence-electron chi connectivity index (χ4n) is 1.64. The molecule has 1 aromatic carbocycles. The summed E-state index contributed by atoms with van der Waals surface area (Å²) in [5.41, 5.74) is 3.59. The van der Waals surface area contributed by atoms with Crippen molar-refractivity contribution in [3.05, 3.63) is 29.3 Å². The average molecular weight is 281 g/mol. The average Bonchev–Trinajstić information content (AvgIpc) is 2.37. The first-order valence-electron chi connectivity index (χ1n) is 6.74. The van der Waals surface area contributed by atoms with Crippen LogP contribution in [0.4, 0.5) is 5.69 Å². The highest BCUT2D eigenvalue weighted by Crippen LogP contribution is 2.14. The molecule has 0 aromatic heterocycles. The number of carbonyl (C=O) groups is 1. The molecular weight excluding hydrogens is 258 g/mol. The van der Waals surface area contributed by atoms with Gasteiger partial charge in [-0.1, -0.05) is 6.07 Å². The molecule has 5 heteroatoms. The molecule has 112 valence electrons. The van der Waals surface area contributed by atoms with Crippen LogP contribution >= 0.6 is 0 Å². The van der Waals surface area contributed by atoms with Gasteiger partial charge >= 0.3 is 5.97 Å². The summed E-state index contributed by atoms with van der Waals surface area (Å²) in [4.78, 5) is 10.6. The molecule has 0 radical (unpaired) electrons. The molecule has 0 aliphatic heterocycles. The summed E-state index contributed by atoms with van der Waals surface area (Å²) in [5, 5.41) is 21.3. The van der Waals surface area contributed by atoms with E-state index >= 15 is 0 Å². The lowest BCUT2D eigenvalue weighted by Gasteiger charge is -2.18. The van der Waals surface area contributed by atoms with Crippen LogP contribution in [0.25, 0.3) is 0 Å². The number of benzene rings is 1. The minimum atomic E-state index is -2.10. The summed E-state index contributed by atoms with van der Waals surface area (Å²) in [6, 6.07) is 6.21. The maximum atomic E-state index is 10.6. The van der Waals surface area contributed by atoms with Crippen LogP contribution in [0, 0.1) is 13.8 Å². The van der Waals surface area contributed by atoms with Crippen molar-refractivity contribution >= 4 is 11.7 Å². The highest BCUT2D eigenvalue weighted by molar-refractivity contribution is 5.74. The zero-order valence-electron chi connectivity index (χ0n) is 12.3. The third-order valence-electron chi connectivity index (χ3n) is 3.19. The van der Waals surface area contributed by atoms with Gasteiger partial charge in [0, 0.05) is 19.2 Å². The molecule has 0 heterocycles. The second-order valence-electron chi connectivity index (χ2n) is 5.07. The van der Waals surface area contributed by atoms with Crippen molar-refractivity contribution in [3.8, 4) is 0 Å². The zero-order valence-corrected chi connectivity index (χ0v) is 12.3. The van der Waals surface area contributed by atoms with Gasteiger partial charge in [-0.3, -0.25) is 0 Å². The standard InChI is InChI=1S/C15H23NO4/c1-11-6-7-13(10-12(11)2)16-8-4-5-9-20-15(3,19)14(17)18/h6-7,10,16,19H,4-5,8-9H2,1-3H3,(H,17,18). The maximum absolute atomic E-state index is 10.6. The number of ether oxygens (including phenoxy) is 1. The number of carboxylic acids is 1. The fraction of sp³-hybridized carbons (Fsp3) is 0.533. The number of aliphatic hydroxyl groups is 1. The van der Waals surface area contributed by atoms with Crippen molar-refractivity contribution < 1.29 is 19.7 Å². The van der Waals surface area contributed by atoms with Crippen LogP contribution in [0.5, 0.6) is 0 Å². The van der Waals surface area contributed by atoms with Crippen LogP contribution in [0.1, 0.15) is 30.9 Å². The molecule has 0 spiro atoms. The van der Waals surface area contributed by atoms with E-state index < -0.39 is 11.8 Å². The molecule has 0 amide bonds. The van der Waals surface area contributed by atoms with Crippen molar-refractivity contribution in [2.75, 3.05) is 18.5 Å². The Kier molecular flexibility index (Phi) is 5.98. The molecular formula is C15H23NO4. The van der Waals surface area contributed by atoms with Crippen LogP contribution in [0.15, 0.2) is 18.2 Å². The molecule has 20 heavy (non-hydrogen) atoms. The largest absolute Gasteiger partial charge is 0.477 e. The van der Waals surface area contributed by atoms with Gasteiger partial charge in [-0.15, -0.1) is 0 Å². The topological polar surface area (TPSA) is 78.8 Å². The van der Waals surface area contributed by atoms with E-state index in [2.05, 4.69) is 31.3 Å². The lowest BCUT2D eigenvalue weighted by molar-refractivity contribution is -0.216. The van der Waals surface area contributed by atoms with Gasteiger partial charge < -0.3 is 20.3 Å². The smallest absolute Gasteiger partial charge is 0.363 e. The first-order chi connectivity index (χ1) is 9.33. The summed E-state index contributed by atoms with van der Waals surface area (Å²) >= 11 is 0. The van der Waals surface area contributed by atoms with Gasteiger partial charge in [0.15, 0.2) is 0 Å². The van der Waals surface area contributed by atoms with Gasteiger partial charge in [-0.2, -0.15) is 0 Å². The Balaban J connectivity index is 2.19. The van der Waals surface area contributed by atoms with E-state index in [1.165, 1.54) is 11.1 Å². The van der Waals surface area contributed by atoms with Crippen molar-refractivity contribution in [2.24, 2.45) is 0 Å². The fourth-order valence-corrected chi connectivity index (χ4v) is 1.64. The third-order valence-corrected chi connectivity index (χ3v) is 3.19.